The molecule has 1 N–H and O–H groups in total. The molecular weight excluding hydrogens is 430 g/mol. The highest BCUT2D eigenvalue weighted by molar-refractivity contribution is 6.46. The fourth-order valence-electron chi connectivity index (χ4n) is 4.19. The maximum Gasteiger partial charge on any atom is 0.295 e. The zero-order chi connectivity index (χ0) is 24.1. The molecule has 1 saturated heterocycles. The van der Waals surface area contributed by atoms with E-state index in [4.69, 9.17) is 9.47 Å². The van der Waals surface area contributed by atoms with Gasteiger partial charge in [-0.1, -0.05) is 54.6 Å². The minimum Gasteiger partial charge on any atom is -0.507 e. The summed E-state index contributed by atoms with van der Waals surface area (Å²) in [6, 6.07) is 23.1. The van der Waals surface area contributed by atoms with E-state index < -0.39 is 17.7 Å². The number of aliphatic hydroxyl groups excluding tert-OH is 1. The second-order valence-electron chi connectivity index (χ2n) is 7.96. The molecule has 1 atom stereocenters. The lowest BCUT2D eigenvalue weighted by Gasteiger charge is -2.25. The molecule has 1 aliphatic heterocycles. The van der Waals surface area contributed by atoms with Crippen molar-refractivity contribution in [2.75, 3.05) is 20.3 Å². The number of carbonyl (C=O) groups is 2. The molecule has 0 aromatic heterocycles. The van der Waals surface area contributed by atoms with Crippen molar-refractivity contribution in [3.05, 3.63) is 101 Å². The number of aliphatic hydroxyl groups is 1. The van der Waals surface area contributed by atoms with Gasteiger partial charge in [0.05, 0.1) is 25.3 Å². The predicted molar refractivity (Wildman–Crippen MR) is 130 cm³/mol. The normalized spacial score (nSPS) is 17.1. The van der Waals surface area contributed by atoms with Gasteiger partial charge in [0.15, 0.2) is 0 Å². The van der Waals surface area contributed by atoms with Gasteiger partial charge in [0.1, 0.15) is 17.3 Å². The van der Waals surface area contributed by atoms with Gasteiger partial charge in [-0.25, -0.2) is 0 Å². The number of likely N-dealkylation sites (tertiary alicyclic amines) is 1. The average molecular weight is 458 g/mol. The Morgan fingerprint density at radius 3 is 2.35 bits per heavy atom. The maximum absolute atomic E-state index is 13.2. The summed E-state index contributed by atoms with van der Waals surface area (Å²) in [7, 11) is 1.58. The molecule has 1 amide bonds. The quantitative estimate of drug-likeness (QED) is 0.300. The summed E-state index contributed by atoms with van der Waals surface area (Å²) in [6.07, 6.45) is 0.584. The number of methoxy groups -OCH3 is 1. The molecule has 1 aliphatic rings. The van der Waals surface area contributed by atoms with E-state index in [0.717, 1.165) is 11.1 Å². The van der Waals surface area contributed by atoms with Crippen molar-refractivity contribution in [1.29, 1.82) is 0 Å². The van der Waals surface area contributed by atoms with Crippen molar-refractivity contribution in [1.82, 2.24) is 4.90 Å². The third kappa shape index (κ3) is 4.66. The van der Waals surface area contributed by atoms with Crippen LogP contribution in [0.25, 0.3) is 5.76 Å². The van der Waals surface area contributed by atoms with E-state index in [-0.39, 0.29) is 11.3 Å². The van der Waals surface area contributed by atoms with E-state index in [9.17, 15) is 14.7 Å². The van der Waals surface area contributed by atoms with Crippen molar-refractivity contribution in [3.8, 4) is 11.5 Å². The van der Waals surface area contributed by atoms with E-state index in [1.807, 2.05) is 49.4 Å². The fraction of sp³-hybridized carbons (Fsp3) is 0.214. The van der Waals surface area contributed by atoms with Gasteiger partial charge in [0.25, 0.3) is 11.7 Å². The Hall–Kier alpha value is -4.06. The first-order valence-corrected chi connectivity index (χ1v) is 11.2. The summed E-state index contributed by atoms with van der Waals surface area (Å²) in [4.78, 5) is 27.9. The number of benzene rings is 3. The zero-order valence-electron chi connectivity index (χ0n) is 19.2. The maximum atomic E-state index is 13.2. The molecule has 0 spiro atoms. The number of carbonyl (C=O) groups excluding carboxylic acids is 2. The number of hydrogen-bond donors (Lipinski definition) is 1. The van der Waals surface area contributed by atoms with Crippen molar-refractivity contribution in [2.45, 2.75) is 19.4 Å². The van der Waals surface area contributed by atoms with Crippen molar-refractivity contribution < 1.29 is 24.2 Å². The van der Waals surface area contributed by atoms with Crippen LogP contribution in [0, 0.1) is 0 Å². The standard InChI is InChI=1S/C28H27NO5/c1-3-34-23-11-7-10-21(18-23)26(30)24-25(20-12-14-22(33-2)15-13-20)29(28(32)27(24)31)17-16-19-8-5-4-6-9-19/h4-15,18,25,30H,3,16-17H2,1-2H3/b26-24+. The lowest BCUT2D eigenvalue weighted by Crippen LogP contribution is -2.31. The van der Waals surface area contributed by atoms with Crippen LogP contribution in [0.2, 0.25) is 0 Å². The van der Waals surface area contributed by atoms with Crippen molar-refractivity contribution >= 4 is 17.4 Å². The molecule has 0 aliphatic carbocycles. The minimum absolute atomic E-state index is 0.0666. The zero-order valence-corrected chi connectivity index (χ0v) is 19.2. The monoisotopic (exact) mass is 457 g/mol. The second-order valence-corrected chi connectivity index (χ2v) is 7.96. The molecule has 1 unspecified atom stereocenters. The lowest BCUT2D eigenvalue weighted by atomic mass is 9.95. The Morgan fingerprint density at radius 1 is 0.941 bits per heavy atom. The van der Waals surface area contributed by atoms with Crippen molar-refractivity contribution in [3.63, 3.8) is 0 Å². The van der Waals surface area contributed by atoms with Crippen LogP contribution in [0.4, 0.5) is 0 Å². The molecule has 1 heterocycles. The average Bonchev–Trinajstić information content (AvgIpc) is 3.13. The summed E-state index contributed by atoms with van der Waals surface area (Å²) >= 11 is 0. The molecule has 6 nitrogen and oxygen atoms in total. The summed E-state index contributed by atoms with van der Waals surface area (Å²) in [5.41, 5.74) is 2.26. The summed E-state index contributed by atoms with van der Waals surface area (Å²) in [5, 5.41) is 11.2. The first-order valence-electron chi connectivity index (χ1n) is 11.2. The molecule has 0 saturated carbocycles. The van der Waals surface area contributed by atoms with E-state index in [0.29, 0.717) is 36.6 Å². The third-order valence-electron chi connectivity index (χ3n) is 5.87. The summed E-state index contributed by atoms with van der Waals surface area (Å²) in [5.74, 6) is -0.310. The molecule has 3 aromatic carbocycles. The Kier molecular flexibility index (Phi) is 6.97. The first-order chi connectivity index (χ1) is 16.5. The van der Waals surface area contributed by atoms with Gasteiger partial charge in [0.2, 0.25) is 0 Å². The topological polar surface area (TPSA) is 76.1 Å². The van der Waals surface area contributed by atoms with E-state index in [1.54, 1.807) is 43.5 Å². The Morgan fingerprint density at radius 2 is 1.68 bits per heavy atom. The predicted octanol–water partition coefficient (Wildman–Crippen LogP) is 4.76. The Balaban J connectivity index is 1.78. The van der Waals surface area contributed by atoms with Gasteiger partial charge < -0.3 is 19.5 Å². The van der Waals surface area contributed by atoms with Crippen LogP contribution in [0.3, 0.4) is 0 Å². The Labute approximate surface area is 199 Å². The molecule has 3 aromatic rings. The number of hydrogen-bond acceptors (Lipinski definition) is 5. The minimum atomic E-state index is -0.717. The van der Waals surface area contributed by atoms with Gasteiger partial charge in [-0.15, -0.1) is 0 Å². The fourth-order valence-corrected chi connectivity index (χ4v) is 4.19. The largest absolute Gasteiger partial charge is 0.507 e. The summed E-state index contributed by atoms with van der Waals surface area (Å²) in [6.45, 7) is 2.68. The molecule has 34 heavy (non-hydrogen) atoms. The smallest absolute Gasteiger partial charge is 0.295 e. The van der Waals surface area contributed by atoms with Crippen LogP contribution in [0.1, 0.15) is 29.7 Å². The van der Waals surface area contributed by atoms with Crippen LogP contribution in [0.5, 0.6) is 11.5 Å². The SMILES string of the molecule is CCOc1cccc(/C(O)=C2\C(=O)C(=O)N(CCc3ccccc3)C2c2ccc(OC)cc2)c1. The highest BCUT2D eigenvalue weighted by Gasteiger charge is 2.45. The van der Waals surface area contributed by atoms with E-state index in [2.05, 4.69) is 0 Å². The lowest BCUT2D eigenvalue weighted by molar-refractivity contribution is -0.139. The van der Waals surface area contributed by atoms with Crippen LogP contribution in [0.15, 0.2) is 84.4 Å². The highest BCUT2D eigenvalue weighted by atomic mass is 16.5. The number of Topliss-reactive ketones (excluding diaryl/α,β-unsaturated/α-hetero) is 1. The van der Waals surface area contributed by atoms with Crippen LogP contribution >= 0.6 is 0 Å². The van der Waals surface area contributed by atoms with Gasteiger partial charge >= 0.3 is 0 Å². The third-order valence-corrected chi connectivity index (χ3v) is 5.87. The van der Waals surface area contributed by atoms with E-state index >= 15 is 0 Å². The number of nitrogens with zero attached hydrogens (tertiary/aromatic N) is 1. The van der Waals surface area contributed by atoms with E-state index in [1.165, 1.54) is 4.90 Å². The first kappa shape index (κ1) is 23.1. The molecule has 6 heteroatoms. The van der Waals surface area contributed by atoms with Gasteiger partial charge in [-0.3, -0.25) is 9.59 Å². The molecule has 0 bridgehead atoms. The molecule has 174 valence electrons. The van der Waals surface area contributed by atoms with Gasteiger partial charge in [-0.05, 0) is 48.7 Å². The molecular formula is C28H27NO5. The number of amides is 1. The highest BCUT2D eigenvalue weighted by Crippen LogP contribution is 2.40. The number of ketones is 1. The Bertz CT molecular complexity index is 1200. The van der Waals surface area contributed by atoms with Crippen LogP contribution in [-0.2, 0) is 16.0 Å². The van der Waals surface area contributed by atoms with Crippen molar-refractivity contribution in [2.24, 2.45) is 0 Å². The summed E-state index contributed by atoms with van der Waals surface area (Å²) < 4.78 is 10.8. The molecule has 1 fully saturated rings. The molecule has 4 rings (SSSR count). The molecule has 0 radical (unpaired) electrons. The second kappa shape index (κ2) is 10.3. The van der Waals surface area contributed by atoms with Crippen LogP contribution < -0.4 is 9.47 Å². The van der Waals surface area contributed by atoms with Gasteiger partial charge in [0, 0.05) is 12.1 Å². The number of ether oxygens (including phenoxy) is 2. The van der Waals surface area contributed by atoms with Gasteiger partial charge in [-0.2, -0.15) is 0 Å². The van der Waals surface area contributed by atoms with Crippen LogP contribution in [-0.4, -0.2) is 42.0 Å². The number of rotatable bonds is 8.